The van der Waals surface area contributed by atoms with Crippen molar-refractivity contribution in [3.05, 3.63) is 66.1 Å². The molecule has 1 aliphatic rings. The van der Waals surface area contributed by atoms with Gasteiger partial charge in [-0.3, -0.25) is 9.10 Å². The SMILES string of the molecule is CS(=O)(=O)N1CCc2cc(C(=O)Nc3cccnc3-n3cccn3)ccc21. The van der Waals surface area contributed by atoms with Crippen LogP contribution in [0.25, 0.3) is 5.82 Å². The van der Waals surface area contributed by atoms with Crippen LogP contribution in [0.5, 0.6) is 0 Å². The first-order valence-electron chi connectivity index (χ1n) is 8.30. The van der Waals surface area contributed by atoms with Crippen LogP contribution in [0.3, 0.4) is 0 Å². The summed E-state index contributed by atoms with van der Waals surface area (Å²) in [6.07, 6.45) is 6.76. The third kappa shape index (κ3) is 3.28. The number of carbonyl (C=O) groups is 1. The number of fused-ring (bicyclic) bond motifs is 1. The van der Waals surface area contributed by atoms with E-state index in [1.807, 2.05) is 0 Å². The zero-order valence-corrected chi connectivity index (χ0v) is 15.3. The number of aromatic nitrogens is 3. The zero-order chi connectivity index (χ0) is 19.0. The van der Waals surface area contributed by atoms with Crippen molar-refractivity contribution in [3.63, 3.8) is 0 Å². The fraction of sp³-hybridized carbons (Fsp3) is 0.167. The molecule has 0 spiro atoms. The molecule has 138 valence electrons. The monoisotopic (exact) mass is 383 g/mol. The molecule has 3 aromatic rings. The lowest BCUT2D eigenvalue weighted by Gasteiger charge is -2.16. The molecule has 0 saturated heterocycles. The predicted octanol–water partition coefficient (Wildman–Crippen LogP) is 1.84. The van der Waals surface area contributed by atoms with E-state index in [0.29, 0.717) is 35.7 Å². The molecule has 1 aromatic carbocycles. The zero-order valence-electron chi connectivity index (χ0n) is 14.5. The van der Waals surface area contributed by atoms with Gasteiger partial charge in [0.05, 0.1) is 17.6 Å². The summed E-state index contributed by atoms with van der Waals surface area (Å²) in [6, 6.07) is 10.3. The van der Waals surface area contributed by atoms with Gasteiger partial charge in [0, 0.05) is 30.7 Å². The van der Waals surface area contributed by atoms with Crippen molar-refractivity contribution >= 4 is 27.3 Å². The summed E-state index contributed by atoms with van der Waals surface area (Å²) in [5.74, 6) is 0.220. The fourth-order valence-electron chi connectivity index (χ4n) is 3.12. The number of nitrogens with one attached hydrogen (secondary N) is 1. The summed E-state index contributed by atoms with van der Waals surface area (Å²) in [6.45, 7) is 0.394. The van der Waals surface area contributed by atoms with Crippen LogP contribution >= 0.6 is 0 Å². The summed E-state index contributed by atoms with van der Waals surface area (Å²) in [7, 11) is -3.31. The van der Waals surface area contributed by atoms with Gasteiger partial charge < -0.3 is 5.32 Å². The number of hydrogen-bond acceptors (Lipinski definition) is 5. The highest BCUT2D eigenvalue weighted by atomic mass is 32.2. The van der Waals surface area contributed by atoms with Crippen LogP contribution in [0.15, 0.2) is 55.0 Å². The molecule has 0 atom stereocenters. The summed E-state index contributed by atoms with van der Waals surface area (Å²) in [5, 5.41) is 7.00. The number of sulfonamides is 1. The Hall–Kier alpha value is -3.20. The Bertz CT molecular complexity index is 1110. The first kappa shape index (κ1) is 17.2. The maximum Gasteiger partial charge on any atom is 0.255 e. The minimum absolute atomic E-state index is 0.294. The summed E-state index contributed by atoms with van der Waals surface area (Å²) in [4.78, 5) is 17.0. The van der Waals surface area contributed by atoms with Gasteiger partial charge >= 0.3 is 0 Å². The average Bonchev–Trinajstić information content (AvgIpc) is 3.31. The summed E-state index contributed by atoms with van der Waals surface area (Å²) < 4.78 is 26.6. The van der Waals surface area contributed by atoms with Gasteiger partial charge in [-0.25, -0.2) is 18.1 Å². The maximum absolute atomic E-state index is 12.7. The second-order valence-corrected chi connectivity index (χ2v) is 8.11. The molecule has 1 aliphatic heterocycles. The van der Waals surface area contributed by atoms with Gasteiger partial charge in [0.25, 0.3) is 5.91 Å². The number of anilines is 2. The van der Waals surface area contributed by atoms with E-state index < -0.39 is 10.0 Å². The first-order valence-corrected chi connectivity index (χ1v) is 10.2. The third-order valence-electron chi connectivity index (χ3n) is 4.35. The summed E-state index contributed by atoms with van der Waals surface area (Å²) >= 11 is 0. The number of amides is 1. The van der Waals surface area contributed by atoms with Gasteiger partial charge in [-0.1, -0.05) is 0 Å². The van der Waals surface area contributed by atoms with E-state index >= 15 is 0 Å². The highest BCUT2D eigenvalue weighted by Gasteiger charge is 2.26. The molecule has 4 rings (SSSR count). The quantitative estimate of drug-likeness (QED) is 0.741. The number of hydrogen-bond donors (Lipinski definition) is 1. The van der Waals surface area contributed by atoms with Gasteiger partial charge in [-0.15, -0.1) is 0 Å². The molecule has 2 aromatic heterocycles. The molecule has 0 radical (unpaired) electrons. The lowest BCUT2D eigenvalue weighted by Crippen LogP contribution is -2.27. The van der Waals surface area contributed by atoms with E-state index in [1.165, 1.54) is 10.6 Å². The molecule has 3 heterocycles. The molecule has 1 N–H and O–H groups in total. The molecule has 0 fully saturated rings. The van der Waals surface area contributed by atoms with E-state index in [1.54, 1.807) is 59.7 Å². The van der Waals surface area contributed by atoms with Gasteiger partial charge in [-0.05, 0) is 48.4 Å². The van der Waals surface area contributed by atoms with Crippen molar-refractivity contribution in [3.8, 4) is 5.82 Å². The Kier molecular flexibility index (Phi) is 4.15. The van der Waals surface area contributed by atoms with Crippen molar-refractivity contribution in [1.82, 2.24) is 14.8 Å². The molecular formula is C18H17N5O3S. The van der Waals surface area contributed by atoms with Crippen molar-refractivity contribution < 1.29 is 13.2 Å². The van der Waals surface area contributed by atoms with E-state index in [2.05, 4.69) is 15.4 Å². The summed E-state index contributed by atoms with van der Waals surface area (Å²) in [5.41, 5.74) is 2.46. The Morgan fingerprint density at radius 1 is 1.19 bits per heavy atom. The molecular weight excluding hydrogens is 366 g/mol. The van der Waals surface area contributed by atoms with Gasteiger partial charge in [0.15, 0.2) is 5.82 Å². The van der Waals surface area contributed by atoms with E-state index in [-0.39, 0.29) is 5.91 Å². The van der Waals surface area contributed by atoms with Crippen molar-refractivity contribution in [2.75, 3.05) is 22.4 Å². The van der Waals surface area contributed by atoms with Gasteiger partial charge in [0.1, 0.15) is 0 Å². The molecule has 27 heavy (non-hydrogen) atoms. The van der Waals surface area contributed by atoms with Crippen LogP contribution in [0, 0.1) is 0 Å². The second kappa shape index (κ2) is 6.51. The van der Waals surface area contributed by atoms with Crippen LogP contribution in [0.1, 0.15) is 15.9 Å². The van der Waals surface area contributed by atoms with Crippen LogP contribution in [0.4, 0.5) is 11.4 Å². The number of rotatable bonds is 4. The second-order valence-electron chi connectivity index (χ2n) is 6.21. The van der Waals surface area contributed by atoms with Crippen LogP contribution in [-0.4, -0.2) is 41.9 Å². The maximum atomic E-state index is 12.7. The topological polar surface area (TPSA) is 97.2 Å². The first-order chi connectivity index (χ1) is 12.9. The molecule has 8 nitrogen and oxygen atoms in total. The Labute approximate surface area is 156 Å². The number of carbonyl (C=O) groups excluding carboxylic acids is 1. The number of benzene rings is 1. The predicted molar refractivity (Wildman–Crippen MR) is 102 cm³/mol. The van der Waals surface area contributed by atoms with Gasteiger partial charge in [-0.2, -0.15) is 5.10 Å². The van der Waals surface area contributed by atoms with Gasteiger partial charge in [0.2, 0.25) is 10.0 Å². The van der Waals surface area contributed by atoms with Crippen LogP contribution < -0.4 is 9.62 Å². The molecule has 0 bridgehead atoms. The van der Waals surface area contributed by atoms with E-state index in [0.717, 1.165) is 5.56 Å². The molecule has 0 saturated carbocycles. The highest BCUT2D eigenvalue weighted by molar-refractivity contribution is 7.92. The van der Waals surface area contributed by atoms with E-state index in [9.17, 15) is 13.2 Å². The Balaban J connectivity index is 1.61. The van der Waals surface area contributed by atoms with Crippen molar-refractivity contribution in [1.29, 1.82) is 0 Å². The van der Waals surface area contributed by atoms with Crippen LogP contribution in [0.2, 0.25) is 0 Å². The van der Waals surface area contributed by atoms with Crippen molar-refractivity contribution in [2.45, 2.75) is 6.42 Å². The number of pyridine rings is 1. The highest BCUT2D eigenvalue weighted by Crippen LogP contribution is 2.31. The average molecular weight is 383 g/mol. The molecule has 1 amide bonds. The van der Waals surface area contributed by atoms with E-state index in [4.69, 9.17) is 0 Å². The normalized spacial score (nSPS) is 13.4. The molecule has 0 unspecified atom stereocenters. The minimum atomic E-state index is -3.31. The van der Waals surface area contributed by atoms with Crippen LogP contribution in [-0.2, 0) is 16.4 Å². The Morgan fingerprint density at radius 3 is 2.78 bits per heavy atom. The lowest BCUT2D eigenvalue weighted by molar-refractivity contribution is 0.102. The standard InChI is InChI=1S/C18H17N5O3S/c1-27(25,26)23-11-7-13-12-14(5-6-16(13)23)18(24)21-15-4-2-8-19-17(15)22-10-3-9-20-22/h2-6,8-10,12H,7,11H2,1H3,(H,21,24). The third-order valence-corrected chi connectivity index (χ3v) is 5.53. The lowest BCUT2D eigenvalue weighted by atomic mass is 10.1. The largest absolute Gasteiger partial charge is 0.319 e. The minimum Gasteiger partial charge on any atom is -0.319 e. The number of nitrogens with zero attached hydrogens (tertiary/aromatic N) is 4. The Morgan fingerprint density at radius 2 is 2.04 bits per heavy atom. The smallest absolute Gasteiger partial charge is 0.255 e. The van der Waals surface area contributed by atoms with Crippen molar-refractivity contribution in [2.24, 2.45) is 0 Å². The molecule has 0 aliphatic carbocycles. The molecule has 9 heteroatoms. The fourth-order valence-corrected chi connectivity index (χ4v) is 4.08.